The molecule has 0 atom stereocenters. The second-order valence-electron chi connectivity index (χ2n) is 5.48. The van der Waals surface area contributed by atoms with Gasteiger partial charge < -0.3 is 73.2 Å². The van der Waals surface area contributed by atoms with Crippen LogP contribution in [-0.2, 0) is 75.0 Å². The molecule has 0 aliphatic carbocycles. The van der Waals surface area contributed by atoms with Crippen molar-refractivity contribution in [1.82, 2.24) is 0 Å². The number of aliphatic hydroxyl groups is 2. The standard InChI is InChI=1S/2C5H14NO.Mo.2H2S.2S/c2*1-6(2,3)4-5-7;;;;;/h2*7H,4-5H2,1-3H3;;2*1H2;;/q2*+1;+4;;;2*-2/p-2. The Labute approximate surface area is 162 Å². The normalized spacial score (nSPS) is 8.84. The van der Waals surface area contributed by atoms with E-state index in [0.29, 0.717) is 0 Å². The first-order chi connectivity index (χ1) is 6.12. The topological polar surface area (TPSA) is 40.5 Å². The van der Waals surface area contributed by atoms with E-state index in [9.17, 15) is 0 Å². The number of quaternary nitrogens is 2. The Bertz CT molecular complexity index is 128. The maximum atomic E-state index is 8.39. The van der Waals surface area contributed by atoms with E-state index in [4.69, 9.17) is 10.2 Å². The van der Waals surface area contributed by atoms with Crippen LogP contribution in [0.15, 0.2) is 0 Å². The summed E-state index contributed by atoms with van der Waals surface area (Å²) in [5, 5.41) is 16.8. The molecule has 0 spiro atoms. The van der Waals surface area contributed by atoms with E-state index in [1.165, 1.54) is 0 Å². The molecule has 0 aliphatic heterocycles. The van der Waals surface area contributed by atoms with Crippen LogP contribution in [0.4, 0.5) is 0 Å². The summed E-state index contributed by atoms with van der Waals surface area (Å²) in [5.74, 6) is 0. The number of rotatable bonds is 4. The second kappa shape index (κ2) is 22.2. The second-order valence-corrected chi connectivity index (χ2v) is 5.48. The first-order valence-corrected chi connectivity index (χ1v) is 4.95. The number of hydrogen-bond acceptors (Lipinski definition) is 4. The zero-order chi connectivity index (χ0) is 11.8. The van der Waals surface area contributed by atoms with Gasteiger partial charge in [0.2, 0.25) is 0 Å². The van der Waals surface area contributed by atoms with Crippen molar-refractivity contribution in [1.29, 1.82) is 0 Å². The Morgan fingerprint density at radius 3 is 0.789 bits per heavy atom. The molecule has 0 unspecified atom stereocenters. The van der Waals surface area contributed by atoms with Crippen molar-refractivity contribution >= 4 is 54.0 Å². The van der Waals surface area contributed by atoms with Crippen LogP contribution in [-0.4, -0.2) is 87.8 Å². The van der Waals surface area contributed by atoms with Gasteiger partial charge in [0.15, 0.2) is 0 Å². The van der Waals surface area contributed by atoms with Gasteiger partial charge in [0, 0.05) is 0 Å². The third-order valence-electron chi connectivity index (χ3n) is 1.54. The Morgan fingerprint density at radius 1 is 0.632 bits per heavy atom. The number of aliphatic hydroxyl groups excluding tert-OH is 2. The van der Waals surface area contributed by atoms with Crippen LogP contribution in [0.25, 0.3) is 0 Å². The van der Waals surface area contributed by atoms with E-state index in [2.05, 4.69) is 42.3 Å². The van der Waals surface area contributed by atoms with Crippen molar-refractivity contribution in [3.05, 3.63) is 0 Å². The minimum absolute atomic E-state index is 0. The van der Waals surface area contributed by atoms with E-state index in [0.717, 1.165) is 22.1 Å². The van der Waals surface area contributed by atoms with Gasteiger partial charge >= 0.3 is 21.1 Å². The van der Waals surface area contributed by atoms with E-state index >= 15 is 0 Å². The maximum absolute atomic E-state index is 8.39. The van der Waals surface area contributed by atoms with Gasteiger partial charge in [-0.2, -0.15) is 0 Å². The van der Waals surface area contributed by atoms with Crippen molar-refractivity contribution in [3.63, 3.8) is 0 Å². The van der Waals surface area contributed by atoms with Gasteiger partial charge in [-0.05, 0) is 0 Å². The summed E-state index contributed by atoms with van der Waals surface area (Å²) in [5.41, 5.74) is 0. The Hall–Kier alpha value is 1.93. The van der Waals surface area contributed by atoms with Crippen LogP contribution in [0.3, 0.4) is 0 Å². The molecule has 4 nitrogen and oxygen atoms in total. The third kappa shape index (κ3) is 65.0. The molecular weight excluding hydrogens is 404 g/mol. The first-order valence-electron chi connectivity index (χ1n) is 4.95. The van der Waals surface area contributed by atoms with Crippen molar-refractivity contribution < 1.29 is 40.2 Å². The zero-order valence-corrected chi connectivity index (χ0v) is 18.2. The van der Waals surface area contributed by atoms with Crippen molar-refractivity contribution in [3.8, 4) is 0 Å². The summed E-state index contributed by atoms with van der Waals surface area (Å²) in [7, 11) is 12.3. The van der Waals surface area contributed by atoms with Crippen molar-refractivity contribution in [2.24, 2.45) is 0 Å². The van der Waals surface area contributed by atoms with Crippen LogP contribution >= 0.6 is 0 Å². The van der Waals surface area contributed by atoms with Crippen LogP contribution in [0, 0.1) is 0 Å². The third-order valence-corrected chi connectivity index (χ3v) is 1.54. The molecule has 0 aromatic heterocycles. The average molecular weight is 435 g/mol. The van der Waals surface area contributed by atoms with E-state index in [-0.39, 0.29) is 88.3 Å². The minimum atomic E-state index is 0. The van der Waals surface area contributed by atoms with Gasteiger partial charge in [-0.1, -0.05) is 0 Å². The van der Waals surface area contributed by atoms with Gasteiger partial charge in [-0.15, -0.1) is 0 Å². The van der Waals surface area contributed by atoms with Gasteiger partial charge in [0.05, 0.1) is 55.5 Å². The molecule has 0 aliphatic rings. The predicted octanol–water partition coefficient (Wildman–Crippen LogP) is -1.18. The summed E-state index contributed by atoms with van der Waals surface area (Å²) < 4.78 is 1.69. The molecule has 2 N–H and O–H groups in total. The Kier molecular flexibility index (Phi) is 50.1. The summed E-state index contributed by atoms with van der Waals surface area (Å²) in [4.78, 5) is 0. The smallest absolute Gasteiger partial charge is 2.00 e. The van der Waals surface area contributed by atoms with E-state index < -0.39 is 0 Å². The van der Waals surface area contributed by atoms with E-state index in [1.807, 2.05) is 0 Å². The minimum Gasteiger partial charge on any atom is -2.00 e. The number of thiol groups is 2. The molecule has 9 heteroatoms. The van der Waals surface area contributed by atoms with Gasteiger partial charge in [-0.3, -0.25) is 0 Å². The van der Waals surface area contributed by atoms with E-state index in [1.54, 1.807) is 0 Å². The zero-order valence-electron chi connectivity index (χ0n) is 12.7. The van der Waals surface area contributed by atoms with Crippen molar-refractivity contribution in [2.45, 2.75) is 0 Å². The number of likely N-dealkylation sites (N-methyl/N-ethyl adjacent to an activating group) is 2. The monoisotopic (exact) mass is 436 g/mol. The summed E-state index contributed by atoms with van der Waals surface area (Å²) in [6, 6.07) is 0. The summed E-state index contributed by atoms with van der Waals surface area (Å²) in [6.45, 7) is 2.23. The molecule has 0 amide bonds. The van der Waals surface area contributed by atoms with Crippen molar-refractivity contribution in [2.75, 3.05) is 68.6 Å². The molecule has 0 aromatic carbocycles. The van der Waals surface area contributed by atoms with Crippen LogP contribution in [0.1, 0.15) is 0 Å². The van der Waals surface area contributed by atoms with Crippen LogP contribution in [0.5, 0.6) is 0 Å². The predicted molar refractivity (Wildman–Crippen MR) is 92.2 cm³/mol. The molecule has 0 bridgehead atoms. The quantitative estimate of drug-likeness (QED) is 0.253. The number of nitrogens with zero attached hydrogens (tertiary/aromatic N) is 2. The fourth-order valence-electron chi connectivity index (χ4n) is 0.600. The molecule has 19 heavy (non-hydrogen) atoms. The Balaban J connectivity index is -0.0000000240. The largest absolute Gasteiger partial charge is 4.00 e. The summed E-state index contributed by atoms with van der Waals surface area (Å²) >= 11 is 0. The molecule has 0 saturated carbocycles. The molecule has 122 valence electrons. The van der Waals surface area contributed by atoms with Gasteiger partial charge in [-0.25, -0.2) is 0 Å². The molecular formula is C10H30MoN2O2S4. The fourth-order valence-corrected chi connectivity index (χ4v) is 0.600. The molecule has 0 radical (unpaired) electrons. The summed E-state index contributed by atoms with van der Waals surface area (Å²) in [6.07, 6.45) is 0. The molecule has 0 heterocycles. The van der Waals surface area contributed by atoms with Crippen LogP contribution < -0.4 is 0 Å². The number of hydrogen-bond donors (Lipinski definition) is 2. The fraction of sp³-hybridized carbons (Fsp3) is 1.00. The molecule has 0 saturated heterocycles. The van der Waals surface area contributed by atoms with Crippen LogP contribution in [0.2, 0.25) is 0 Å². The first kappa shape index (κ1) is 42.8. The molecule has 0 aromatic rings. The van der Waals surface area contributed by atoms with Gasteiger partial charge in [0.25, 0.3) is 0 Å². The van der Waals surface area contributed by atoms with Gasteiger partial charge in [0.1, 0.15) is 13.1 Å². The molecule has 0 fully saturated rings. The maximum Gasteiger partial charge on any atom is 4.00 e. The SMILES string of the molecule is C[N+](C)(C)CCO.C[N+](C)(C)CCO.[Mo+4].[S-2].[S-2].[SH-].[SH-]. The Morgan fingerprint density at radius 2 is 0.789 bits per heavy atom. The molecule has 0 rings (SSSR count). The average Bonchev–Trinajstić information content (AvgIpc) is 1.81.